The van der Waals surface area contributed by atoms with Gasteiger partial charge < -0.3 is 10.6 Å². The van der Waals surface area contributed by atoms with Crippen molar-refractivity contribution >= 4 is 18.3 Å². The minimum atomic E-state index is 0. The van der Waals surface area contributed by atoms with Crippen LogP contribution in [-0.4, -0.2) is 40.2 Å². The molecule has 0 aliphatic carbocycles. The summed E-state index contributed by atoms with van der Waals surface area (Å²) in [6.45, 7) is 4.34. The van der Waals surface area contributed by atoms with Gasteiger partial charge in [0.15, 0.2) is 0 Å². The Morgan fingerprint density at radius 3 is 2.74 bits per heavy atom. The molecular weight excluding hydrogens is 312 g/mol. The van der Waals surface area contributed by atoms with Crippen LogP contribution < -0.4 is 5.73 Å². The predicted molar refractivity (Wildman–Crippen MR) is 92.9 cm³/mol. The van der Waals surface area contributed by atoms with E-state index in [0.717, 1.165) is 30.8 Å². The quantitative estimate of drug-likeness (QED) is 0.930. The van der Waals surface area contributed by atoms with Crippen LogP contribution in [0.3, 0.4) is 0 Å². The number of nitrogens with two attached hydrogens (primary N) is 1. The van der Waals surface area contributed by atoms with Gasteiger partial charge in [-0.25, -0.2) is 4.68 Å². The molecule has 1 aliphatic heterocycles. The average Bonchev–Trinajstić information content (AvgIpc) is 3.16. The summed E-state index contributed by atoms with van der Waals surface area (Å²) < 4.78 is 1.80. The highest BCUT2D eigenvalue weighted by molar-refractivity contribution is 5.85. The van der Waals surface area contributed by atoms with Gasteiger partial charge in [0, 0.05) is 19.3 Å². The van der Waals surface area contributed by atoms with Crippen molar-refractivity contribution in [2.45, 2.75) is 19.8 Å². The fourth-order valence-electron chi connectivity index (χ4n) is 2.86. The number of carbonyl (C=O) groups excluding carboxylic acids is 1. The second-order valence-electron chi connectivity index (χ2n) is 6.39. The van der Waals surface area contributed by atoms with Crippen molar-refractivity contribution in [2.75, 3.05) is 19.6 Å². The lowest BCUT2D eigenvalue weighted by Gasteiger charge is -2.22. The van der Waals surface area contributed by atoms with E-state index in [2.05, 4.69) is 12.0 Å². The number of hydrogen-bond acceptors (Lipinski definition) is 3. The number of likely N-dealkylation sites (tertiary alicyclic amines) is 1. The Kier molecular flexibility index (Phi) is 5.44. The molecule has 0 spiro atoms. The van der Waals surface area contributed by atoms with Crippen molar-refractivity contribution in [3.63, 3.8) is 0 Å². The van der Waals surface area contributed by atoms with Crippen LogP contribution >= 0.6 is 12.4 Å². The normalized spacial score (nSPS) is 20.3. The Morgan fingerprint density at radius 2 is 2.09 bits per heavy atom. The standard InChI is InChI=1S/C17H22N4O.ClH/c1-17(12-18)7-8-20(13-17)16(22)9-14-10-19-21(11-14)15-5-3-2-4-6-15;/h2-6,10-11H,7-9,12-13,18H2,1H3;1H. The zero-order chi connectivity index (χ0) is 15.6. The van der Waals surface area contributed by atoms with Gasteiger partial charge in [-0.05, 0) is 36.1 Å². The van der Waals surface area contributed by atoms with Crippen molar-refractivity contribution in [1.82, 2.24) is 14.7 Å². The van der Waals surface area contributed by atoms with Crippen molar-refractivity contribution < 1.29 is 4.79 Å². The topological polar surface area (TPSA) is 64.2 Å². The fourth-order valence-corrected chi connectivity index (χ4v) is 2.86. The number of halogens is 1. The van der Waals surface area contributed by atoms with Crippen molar-refractivity contribution in [2.24, 2.45) is 11.1 Å². The van der Waals surface area contributed by atoms with Gasteiger partial charge in [-0.15, -0.1) is 12.4 Å². The van der Waals surface area contributed by atoms with E-state index in [0.29, 0.717) is 13.0 Å². The maximum Gasteiger partial charge on any atom is 0.227 e. The number of hydrogen-bond donors (Lipinski definition) is 1. The van der Waals surface area contributed by atoms with Gasteiger partial charge in [0.25, 0.3) is 0 Å². The van der Waals surface area contributed by atoms with E-state index in [-0.39, 0.29) is 23.7 Å². The summed E-state index contributed by atoms with van der Waals surface area (Å²) in [6, 6.07) is 9.90. The highest BCUT2D eigenvalue weighted by Crippen LogP contribution is 2.28. The molecule has 5 nitrogen and oxygen atoms in total. The van der Waals surface area contributed by atoms with Crippen LogP contribution in [-0.2, 0) is 11.2 Å². The number of carbonyl (C=O) groups is 1. The number of benzene rings is 1. The molecule has 1 unspecified atom stereocenters. The molecule has 1 aromatic carbocycles. The third-order valence-electron chi connectivity index (χ3n) is 4.42. The molecule has 1 aliphatic rings. The first-order valence-electron chi connectivity index (χ1n) is 7.66. The second-order valence-corrected chi connectivity index (χ2v) is 6.39. The smallest absolute Gasteiger partial charge is 0.227 e. The molecule has 23 heavy (non-hydrogen) atoms. The lowest BCUT2D eigenvalue weighted by molar-refractivity contribution is -0.129. The van der Waals surface area contributed by atoms with Gasteiger partial charge in [0.2, 0.25) is 5.91 Å². The van der Waals surface area contributed by atoms with Crippen LogP contribution in [0.4, 0.5) is 0 Å². The molecule has 2 N–H and O–H groups in total. The Balaban J connectivity index is 0.00000192. The highest BCUT2D eigenvalue weighted by atomic mass is 35.5. The van der Waals surface area contributed by atoms with Crippen molar-refractivity contribution in [1.29, 1.82) is 0 Å². The predicted octanol–water partition coefficient (Wildman–Crippen LogP) is 2.03. The Morgan fingerprint density at radius 1 is 1.35 bits per heavy atom. The molecule has 2 aromatic rings. The van der Waals surface area contributed by atoms with Crippen LogP contribution in [0.2, 0.25) is 0 Å². The number of aromatic nitrogens is 2. The minimum absolute atomic E-state index is 0. The second kappa shape index (κ2) is 7.15. The van der Waals surface area contributed by atoms with E-state index >= 15 is 0 Å². The summed E-state index contributed by atoms with van der Waals surface area (Å²) in [5.41, 5.74) is 7.81. The molecule has 3 rings (SSSR count). The monoisotopic (exact) mass is 334 g/mol. The summed E-state index contributed by atoms with van der Waals surface area (Å²) >= 11 is 0. The van der Waals surface area contributed by atoms with Crippen LogP contribution in [0.1, 0.15) is 18.9 Å². The maximum absolute atomic E-state index is 12.4. The third-order valence-corrected chi connectivity index (χ3v) is 4.42. The molecular formula is C17H23ClN4O. The molecule has 1 fully saturated rings. The van der Waals surface area contributed by atoms with E-state index in [9.17, 15) is 4.79 Å². The fraction of sp³-hybridized carbons (Fsp3) is 0.412. The summed E-state index contributed by atoms with van der Waals surface area (Å²) in [7, 11) is 0. The van der Waals surface area contributed by atoms with Crippen LogP contribution in [0, 0.1) is 5.41 Å². The van der Waals surface area contributed by atoms with E-state index in [1.54, 1.807) is 10.9 Å². The molecule has 6 heteroatoms. The largest absolute Gasteiger partial charge is 0.342 e. The first-order valence-corrected chi connectivity index (χ1v) is 7.66. The molecule has 1 amide bonds. The average molecular weight is 335 g/mol. The Bertz CT molecular complexity index is 658. The Hall–Kier alpha value is -1.85. The number of para-hydroxylation sites is 1. The van der Waals surface area contributed by atoms with E-state index < -0.39 is 0 Å². The lowest BCUT2D eigenvalue weighted by Crippen LogP contribution is -2.35. The van der Waals surface area contributed by atoms with Crippen LogP contribution in [0.25, 0.3) is 5.69 Å². The van der Waals surface area contributed by atoms with Crippen LogP contribution in [0.5, 0.6) is 0 Å². The molecule has 1 saturated heterocycles. The lowest BCUT2D eigenvalue weighted by atomic mass is 9.90. The van der Waals surface area contributed by atoms with Crippen LogP contribution in [0.15, 0.2) is 42.7 Å². The van der Waals surface area contributed by atoms with Gasteiger partial charge in [-0.2, -0.15) is 5.10 Å². The van der Waals surface area contributed by atoms with Crippen molar-refractivity contribution in [3.05, 3.63) is 48.3 Å². The molecule has 0 saturated carbocycles. The van der Waals surface area contributed by atoms with E-state index in [1.807, 2.05) is 41.4 Å². The van der Waals surface area contributed by atoms with E-state index in [1.165, 1.54) is 0 Å². The summed E-state index contributed by atoms with van der Waals surface area (Å²) in [4.78, 5) is 14.3. The SMILES string of the molecule is CC1(CN)CCN(C(=O)Cc2cnn(-c3ccccc3)c2)C1.Cl. The first-order chi connectivity index (χ1) is 10.6. The van der Waals surface area contributed by atoms with Gasteiger partial charge in [0.1, 0.15) is 0 Å². The third kappa shape index (κ3) is 3.92. The maximum atomic E-state index is 12.4. The summed E-state index contributed by atoms with van der Waals surface area (Å²) in [5, 5.41) is 4.34. The Labute approximate surface area is 142 Å². The van der Waals surface area contributed by atoms with Crippen molar-refractivity contribution in [3.8, 4) is 5.69 Å². The van der Waals surface area contributed by atoms with Gasteiger partial charge >= 0.3 is 0 Å². The zero-order valence-corrected chi connectivity index (χ0v) is 14.1. The number of rotatable bonds is 4. The number of amides is 1. The molecule has 1 aromatic heterocycles. The van der Waals surface area contributed by atoms with Gasteiger partial charge in [-0.3, -0.25) is 4.79 Å². The first kappa shape index (κ1) is 17.5. The number of nitrogens with zero attached hydrogens (tertiary/aromatic N) is 3. The molecule has 0 radical (unpaired) electrons. The molecule has 124 valence electrons. The summed E-state index contributed by atoms with van der Waals surface area (Å²) in [6.07, 6.45) is 5.07. The zero-order valence-electron chi connectivity index (χ0n) is 13.3. The van der Waals surface area contributed by atoms with Gasteiger partial charge in [0.05, 0.1) is 18.3 Å². The highest BCUT2D eigenvalue weighted by Gasteiger charge is 2.34. The minimum Gasteiger partial charge on any atom is -0.342 e. The summed E-state index contributed by atoms with van der Waals surface area (Å²) in [5.74, 6) is 0.157. The van der Waals surface area contributed by atoms with Gasteiger partial charge in [-0.1, -0.05) is 25.1 Å². The molecule has 0 bridgehead atoms. The molecule has 1 atom stereocenters. The van der Waals surface area contributed by atoms with E-state index in [4.69, 9.17) is 5.73 Å². The molecule has 2 heterocycles.